The summed E-state index contributed by atoms with van der Waals surface area (Å²) in [4.78, 5) is 0. The van der Waals surface area contributed by atoms with Gasteiger partial charge in [-0.2, -0.15) is 0 Å². The molecule has 5 heteroatoms. The third kappa shape index (κ3) is 3.16. The van der Waals surface area contributed by atoms with Crippen molar-refractivity contribution >= 4 is 21.7 Å². The number of hydrogen-bond donors (Lipinski definition) is 2. The number of halogens is 1. The smallest absolute Gasteiger partial charge is 0.148 e. The molecule has 1 unspecified atom stereocenters. The molecule has 0 aliphatic carbocycles. The second-order valence-corrected chi connectivity index (χ2v) is 5.88. The molecule has 1 aliphatic rings. The largest absolute Gasteiger partial charge is 0.368 e. The van der Waals surface area contributed by atoms with Crippen LogP contribution < -0.4 is 10.6 Å². The molecule has 1 aromatic carbocycles. The maximum absolute atomic E-state index is 4.30. The first-order valence-electron chi connectivity index (χ1n) is 6.86. The van der Waals surface area contributed by atoms with Crippen molar-refractivity contribution in [3.05, 3.63) is 40.9 Å². The first-order chi connectivity index (χ1) is 9.83. The topological polar surface area (TPSA) is 49.8 Å². The summed E-state index contributed by atoms with van der Waals surface area (Å²) >= 11 is 3.54. The molecule has 2 N–H and O–H groups in total. The number of rotatable bonds is 4. The maximum atomic E-state index is 4.30. The van der Waals surface area contributed by atoms with Gasteiger partial charge in [0.1, 0.15) is 5.82 Å². The van der Waals surface area contributed by atoms with E-state index in [2.05, 4.69) is 36.8 Å². The molecule has 2 heterocycles. The Labute approximate surface area is 127 Å². The SMILES string of the molecule is Brc1ccccc1-c1ccc(NCC2CCNC2)nn1. The monoisotopic (exact) mass is 332 g/mol. The van der Waals surface area contributed by atoms with Crippen molar-refractivity contribution in [2.75, 3.05) is 25.0 Å². The standard InChI is InChI=1S/C15H17BrN4/c16-13-4-2-1-3-12(13)14-5-6-15(20-19-14)18-10-11-7-8-17-9-11/h1-6,11,17H,7-10H2,(H,18,20). The Hall–Kier alpha value is -1.46. The van der Waals surface area contributed by atoms with Crippen molar-refractivity contribution in [1.82, 2.24) is 15.5 Å². The fourth-order valence-corrected chi connectivity index (χ4v) is 2.86. The highest BCUT2D eigenvalue weighted by Crippen LogP contribution is 2.26. The van der Waals surface area contributed by atoms with E-state index in [1.165, 1.54) is 6.42 Å². The van der Waals surface area contributed by atoms with Gasteiger partial charge in [-0.15, -0.1) is 10.2 Å². The fraction of sp³-hybridized carbons (Fsp3) is 0.333. The Morgan fingerprint density at radius 1 is 1.20 bits per heavy atom. The summed E-state index contributed by atoms with van der Waals surface area (Å²) in [6.45, 7) is 3.17. The van der Waals surface area contributed by atoms with Crippen molar-refractivity contribution in [2.24, 2.45) is 5.92 Å². The zero-order valence-corrected chi connectivity index (χ0v) is 12.7. The van der Waals surface area contributed by atoms with Crippen LogP contribution in [0.4, 0.5) is 5.82 Å². The van der Waals surface area contributed by atoms with Crippen molar-refractivity contribution in [3.8, 4) is 11.3 Å². The first-order valence-corrected chi connectivity index (χ1v) is 7.65. The van der Waals surface area contributed by atoms with Gasteiger partial charge in [0.05, 0.1) is 5.69 Å². The molecule has 0 radical (unpaired) electrons. The number of nitrogens with one attached hydrogen (secondary N) is 2. The zero-order chi connectivity index (χ0) is 13.8. The quantitative estimate of drug-likeness (QED) is 0.903. The van der Waals surface area contributed by atoms with Crippen LogP contribution in [0.5, 0.6) is 0 Å². The number of anilines is 1. The van der Waals surface area contributed by atoms with E-state index < -0.39 is 0 Å². The van der Waals surface area contributed by atoms with Crippen LogP contribution in [0, 0.1) is 5.92 Å². The summed E-state index contributed by atoms with van der Waals surface area (Å²) in [7, 11) is 0. The molecule has 1 fully saturated rings. The van der Waals surface area contributed by atoms with E-state index in [0.29, 0.717) is 5.92 Å². The highest BCUT2D eigenvalue weighted by Gasteiger charge is 2.14. The lowest BCUT2D eigenvalue weighted by molar-refractivity contribution is 0.613. The van der Waals surface area contributed by atoms with Crippen LogP contribution in [0.15, 0.2) is 40.9 Å². The molecule has 104 valence electrons. The first kappa shape index (κ1) is 13.5. The molecule has 20 heavy (non-hydrogen) atoms. The molecule has 0 spiro atoms. The van der Waals surface area contributed by atoms with E-state index in [1.807, 2.05) is 36.4 Å². The van der Waals surface area contributed by atoms with Crippen molar-refractivity contribution in [3.63, 3.8) is 0 Å². The number of benzene rings is 1. The van der Waals surface area contributed by atoms with Gasteiger partial charge in [0.15, 0.2) is 0 Å². The van der Waals surface area contributed by atoms with Crippen molar-refractivity contribution < 1.29 is 0 Å². The average molecular weight is 333 g/mol. The molecule has 0 amide bonds. The number of nitrogens with zero attached hydrogens (tertiary/aromatic N) is 2. The summed E-state index contributed by atoms with van der Waals surface area (Å²) in [6.07, 6.45) is 1.23. The Morgan fingerprint density at radius 2 is 2.10 bits per heavy atom. The second kappa shape index (κ2) is 6.33. The minimum Gasteiger partial charge on any atom is -0.368 e. The molecule has 1 atom stereocenters. The van der Waals surface area contributed by atoms with E-state index in [1.54, 1.807) is 0 Å². The third-order valence-corrected chi connectivity index (χ3v) is 4.24. The van der Waals surface area contributed by atoms with Gasteiger partial charge in [-0.25, -0.2) is 0 Å². The van der Waals surface area contributed by atoms with Crippen LogP contribution in [0.3, 0.4) is 0 Å². The Balaban J connectivity index is 1.66. The minimum atomic E-state index is 0.694. The number of aromatic nitrogens is 2. The lowest BCUT2D eigenvalue weighted by Gasteiger charge is -2.10. The van der Waals surface area contributed by atoms with Crippen LogP contribution in [0.2, 0.25) is 0 Å². The van der Waals surface area contributed by atoms with Gasteiger partial charge in [0.25, 0.3) is 0 Å². The van der Waals surface area contributed by atoms with Gasteiger partial charge in [0, 0.05) is 16.6 Å². The van der Waals surface area contributed by atoms with E-state index in [-0.39, 0.29) is 0 Å². The summed E-state index contributed by atoms with van der Waals surface area (Å²) < 4.78 is 1.03. The Kier molecular flexibility index (Phi) is 4.28. The molecular formula is C15H17BrN4. The van der Waals surface area contributed by atoms with E-state index >= 15 is 0 Å². The molecule has 1 aromatic heterocycles. The molecule has 0 saturated carbocycles. The van der Waals surface area contributed by atoms with Crippen LogP contribution in [-0.4, -0.2) is 29.8 Å². The van der Waals surface area contributed by atoms with Gasteiger partial charge in [-0.05, 0) is 43.6 Å². The predicted molar refractivity (Wildman–Crippen MR) is 84.6 cm³/mol. The Bertz CT molecular complexity index is 564. The third-order valence-electron chi connectivity index (χ3n) is 3.55. The molecule has 4 nitrogen and oxygen atoms in total. The summed E-state index contributed by atoms with van der Waals surface area (Å²) in [5.41, 5.74) is 1.94. The lowest BCUT2D eigenvalue weighted by atomic mass is 10.1. The molecular weight excluding hydrogens is 316 g/mol. The van der Waals surface area contributed by atoms with Gasteiger partial charge in [-0.1, -0.05) is 34.1 Å². The van der Waals surface area contributed by atoms with Crippen LogP contribution in [0.1, 0.15) is 6.42 Å². The van der Waals surface area contributed by atoms with E-state index in [0.717, 1.165) is 41.2 Å². The van der Waals surface area contributed by atoms with Crippen LogP contribution in [-0.2, 0) is 0 Å². The van der Waals surface area contributed by atoms with E-state index in [4.69, 9.17) is 0 Å². The van der Waals surface area contributed by atoms with Crippen LogP contribution in [0.25, 0.3) is 11.3 Å². The predicted octanol–water partition coefficient (Wildman–Crippen LogP) is 2.93. The Morgan fingerprint density at radius 3 is 2.80 bits per heavy atom. The summed E-state index contributed by atoms with van der Waals surface area (Å²) in [6, 6.07) is 12.0. The van der Waals surface area contributed by atoms with Gasteiger partial charge < -0.3 is 10.6 Å². The highest BCUT2D eigenvalue weighted by molar-refractivity contribution is 9.10. The second-order valence-electron chi connectivity index (χ2n) is 5.02. The van der Waals surface area contributed by atoms with Gasteiger partial charge in [-0.3, -0.25) is 0 Å². The molecule has 1 saturated heterocycles. The van der Waals surface area contributed by atoms with Gasteiger partial charge in [0.2, 0.25) is 0 Å². The van der Waals surface area contributed by atoms with Crippen molar-refractivity contribution in [1.29, 1.82) is 0 Å². The van der Waals surface area contributed by atoms with Crippen molar-refractivity contribution in [2.45, 2.75) is 6.42 Å². The minimum absolute atomic E-state index is 0.694. The number of hydrogen-bond acceptors (Lipinski definition) is 4. The average Bonchev–Trinajstić information content (AvgIpc) is 3.00. The molecule has 2 aromatic rings. The maximum Gasteiger partial charge on any atom is 0.148 e. The fourth-order valence-electron chi connectivity index (χ4n) is 2.38. The molecule has 0 bridgehead atoms. The highest BCUT2D eigenvalue weighted by atomic mass is 79.9. The summed E-state index contributed by atoms with van der Waals surface area (Å²) in [5, 5.41) is 15.3. The van der Waals surface area contributed by atoms with E-state index in [9.17, 15) is 0 Å². The van der Waals surface area contributed by atoms with Crippen LogP contribution >= 0.6 is 15.9 Å². The lowest BCUT2D eigenvalue weighted by Crippen LogP contribution is -2.17. The molecule has 1 aliphatic heterocycles. The summed E-state index contributed by atoms with van der Waals surface area (Å²) in [5.74, 6) is 1.53. The molecule has 3 rings (SSSR count). The van der Waals surface area contributed by atoms with Gasteiger partial charge >= 0.3 is 0 Å². The normalized spacial score (nSPS) is 18.1. The zero-order valence-electron chi connectivity index (χ0n) is 11.1.